The van der Waals surface area contributed by atoms with Crippen molar-refractivity contribution in [3.05, 3.63) is 134 Å². The van der Waals surface area contributed by atoms with Gasteiger partial charge in [-0.25, -0.2) is 4.98 Å². The highest BCUT2D eigenvalue weighted by Gasteiger charge is 2.19. The monoisotopic (exact) mass is 462 g/mol. The van der Waals surface area contributed by atoms with Crippen molar-refractivity contribution < 1.29 is 4.42 Å². The molecule has 0 N–H and O–H groups in total. The van der Waals surface area contributed by atoms with E-state index in [1.54, 1.807) is 6.20 Å². The molecule has 170 valence electrons. The van der Waals surface area contributed by atoms with Crippen LogP contribution in [-0.2, 0) is 0 Å². The summed E-state index contributed by atoms with van der Waals surface area (Å²) in [7, 11) is 0. The summed E-state index contributed by atoms with van der Waals surface area (Å²) in [6.07, 6.45) is 1.77. The second kappa shape index (κ2) is 8.40. The van der Waals surface area contributed by atoms with Crippen LogP contribution >= 0.6 is 0 Å². The maximum atomic E-state index is 6.34. The summed E-state index contributed by atoms with van der Waals surface area (Å²) in [5.74, 6) is 0. The van der Waals surface area contributed by atoms with E-state index in [1.165, 1.54) is 21.9 Å². The average molecular weight is 463 g/mol. The lowest BCUT2D eigenvalue weighted by atomic mass is 10.0. The second-order valence-electron chi connectivity index (χ2n) is 8.89. The number of nitrogens with zero attached hydrogens (tertiary/aromatic N) is 2. The fraction of sp³-hybridized carbons (Fsp3) is 0. The van der Waals surface area contributed by atoms with E-state index in [-0.39, 0.29) is 0 Å². The third-order valence-electron chi connectivity index (χ3n) is 6.72. The zero-order valence-corrected chi connectivity index (χ0v) is 19.5. The van der Waals surface area contributed by atoms with E-state index in [4.69, 9.17) is 4.42 Å². The molecule has 0 radical (unpaired) electrons. The molecule has 3 heteroatoms. The Morgan fingerprint density at radius 3 is 2.11 bits per heavy atom. The Labute approximate surface area is 208 Å². The fourth-order valence-electron chi connectivity index (χ4n) is 4.97. The molecule has 0 atom stereocenters. The van der Waals surface area contributed by atoms with Gasteiger partial charge in [-0.15, -0.1) is 0 Å². The third-order valence-corrected chi connectivity index (χ3v) is 6.72. The maximum absolute atomic E-state index is 6.34. The zero-order chi connectivity index (χ0) is 23.9. The summed E-state index contributed by atoms with van der Waals surface area (Å²) in [4.78, 5) is 6.74. The van der Waals surface area contributed by atoms with Crippen molar-refractivity contribution in [1.29, 1.82) is 0 Å². The summed E-state index contributed by atoms with van der Waals surface area (Å²) in [6.45, 7) is 0. The molecule has 7 aromatic rings. The summed E-state index contributed by atoms with van der Waals surface area (Å²) in [6, 6.07) is 44.5. The average Bonchev–Trinajstić information content (AvgIpc) is 3.34. The molecule has 7 rings (SSSR count). The number of pyridine rings is 1. The standard InChI is InChI=1S/C33H22N2O/c1-2-8-23(9-3-1)25-15-18-27(19-16-25)35(28-20-17-24-10-4-5-11-26(24)22-28)31-14-6-12-29-30-13-7-21-34-33(30)36-32(29)31/h1-22H. The van der Waals surface area contributed by atoms with Crippen molar-refractivity contribution in [2.75, 3.05) is 4.90 Å². The minimum atomic E-state index is 0.651. The van der Waals surface area contributed by atoms with E-state index in [9.17, 15) is 0 Å². The molecule has 3 nitrogen and oxygen atoms in total. The molecule has 0 saturated carbocycles. The number of hydrogen-bond acceptors (Lipinski definition) is 3. The van der Waals surface area contributed by atoms with Gasteiger partial charge >= 0.3 is 0 Å². The van der Waals surface area contributed by atoms with Gasteiger partial charge < -0.3 is 9.32 Å². The highest BCUT2D eigenvalue weighted by Crippen LogP contribution is 2.42. The van der Waals surface area contributed by atoms with Gasteiger partial charge in [0, 0.05) is 28.3 Å². The molecule has 0 aliphatic heterocycles. The largest absolute Gasteiger partial charge is 0.435 e. The predicted molar refractivity (Wildman–Crippen MR) is 149 cm³/mol. The van der Waals surface area contributed by atoms with Crippen LogP contribution < -0.4 is 4.90 Å². The van der Waals surface area contributed by atoms with Crippen LogP contribution in [0.2, 0.25) is 0 Å². The van der Waals surface area contributed by atoms with Crippen LogP contribution in [0.25, 0.3) is 44.0 Å². The molecule has 0 fully saturated rings. The number of furan rings is 1. The normalized spacial score (nSPS) is 11.3. The zero-order valence-electron chi connectivity index (χ0n) is 19.5. The Kier molecular flexibility index (Phi) is 4.78. The Bertz CT molecular complexity index is 1840. The molecule has 0 aliphatic rings. The number of hydrogen-bond donors (Lipinski definition) is 0. The predicted octanol–water partition coefficient (Wildman–Crippen LogP) is 9.27. The number of benzene rings is 5. The van der Waals surface area contributed by atoms with Crippen molar-refractivity contribution >= 4 is 49.9 Å². The Morgan fingerprint density at radius 1 is 0.528 bits per heavy atom. The molecule has 0 unspecified atom stereocenters. The third kappa shape index (κ3) is 3.41. The number of rotatable bonds is 4. The minimum Gasteiger partial charge on any atom is -0.435 e. The molecule has 0 amide bonds. The van der Waals surface area contributed by atoms with E-state index < -0.39 is 0 Å². The lowest BCUT2D eigenvalue weighted by Crippen LogP contribution is -2.10. The van der Waals surface area contributed by atoms with E-state index in [0.717, 1.165) is 33.4 Å². The minimum absolute atomic E-state index is 0.651. The van der Waals surface area contributed by atoms with E-state index >= 15 is 0 Å². The summed E-state index contributed by atoms with van der Waals surface area (Å²) in [5.41, 5.74) is 6.97. The first kappa shape index (κ1) is 20.5. The number of aromatic nitrogens is 1. The van der Waals surface area contributed by atoms with Gasteiger partial charge in [-0.2, -0.15) is 0 Å². The Morgan fingerprint density at radius 2 is 1.25 bits per heavy atom. The van der Waals surface area contributed by atoms with E-state index in [0.29, 0.717) is 5.71 Å². The molecular formula is C33H22N2O. The molecule has 36 heavy (non-hydrogen) atoms. The van der Waals surface area contributed by atoms with Crippen LogP contribution in [0.3, 0.4) is 0 Å². The van der Waals surface area contributed by atoms with Crippen molar-refractivity contribution in [3.63, 3.8) is 0 Å². The summed E-state index contributed by atoms with van der Waals surface area (Å²) < 4.78 is 6.34. The van der Waals surface area contributed by atoms with Crippen molar-refractivity contribution in [3.8, 4) is 11.1 Å². The van der Waals surface area contributed by atoms with Gasteiger partial charge in [0.15, 0.2) is 5.58 Å². The van der Waals surface area contributed by atoms with Crippen LogP contribution in [0.1, 0.15) is 0 Å². The van der Waals surface area contributed by atoms with Gasteiger partial charge in [-0.05, 0) is 64.4 Å². The van der Waals surface area contributed by atoms with Crippen molar-refractivity contribution in [1.82, 2.24) is 4.98 Å². The first-order valence-electron chi connectivity index (χ1n) is 12.1. The molecule has 0 aliphatic carbocycles. The first-order valence-corrected chi connectivity index (χ1v) is 12.1. The van der Waals surface area contributed by atoms with Gasteiger partial charge in [0.05, 0.1) is 5.69 Å². The lowest BCUT2D eigenvalue weighted by molar-refractivity contribution is 0.654. The van der Waals surface area contributed by atoms with Gasteiger partial charge in [-0.3, -0.25) is 0 Å². The van der Waals surface area contributed by atoms with E-state index in [1.807, 2.05) is 12.1 Å². The molecule has 0 saturated heterocycles. The molecule has 2 heterocycles. The molecule has 2 aromatic heterocycles. The lowest BCUT2D eigenvalue weighted by Gasteiger charge is -2.26. The van der Waals surface area contributed by atoms with Gasteiger partial charge in [-0.1, -0.05) is 84.9 Å². The smallest absolute Gasteiger partial charge is 0.227 e. The van der Waals surface area contributed by atoms with Crippen LogP contribution in [0, 0.1) is 0 Å². The number of fused-ring (bicyclic) bond motifs is 4. The van der Waals surface area contributed by atoms with Gasteiger partial charge in [0.2, 0.25) is 5.71 Å². The Balaban J connectivity index is 1.45. The molecule has 5 aromatic carbocycles. The molecule has 0 bridgehead atoms. The van der Waals surface area contributed by atoms with Gasteiger partial charge in [0.1, 0.15) is 0 Å². The highest BCUT2D eigenvalue weighted by atomic mass is 16.3. The second-order valence-corrected chi connectivity index (χ2v) is 8.89. The number of para-hydroxylation sites is 1. The number of anilines is 3. The van der Waals surface area contributed by atoms with Crippen LogP contribution in [0.4, 0.5) is 17.1 Å². The first-order chi connectivity index (χ1) is 17.8. The fourth-order valence-corrected chi connectivity index (χ4v) is 4.97. The quantitative estimate of drug-likeness (QED) is 0.261. The summed E-state index contributed by atoms with van der Waals surface area (Å²) >= 11 is 0. The topological polar surface area (TPSA) is 29.3 Å². The highest BCUT2D eigenvalue weighted by molar-refractivity contribution is 6.09. The van der Waals surface area contributed by atoms with Gasteiger partial charge in [0.25, 0.3) is 0 Å². The van der Waals surface area contributed by atoms with Crippen LogP contribution in [-0.4, -0.2) is 4.98 Å². The SMILES string of the molecule is c1ccc(-c2ccc(N(c3ccc4ccccc4c3)c3cccc4c3oc3ncccc34)cc2)cc1. The molecule has 0 spiro atoms. The van der Waals surface area contributed by atoms with E-state index in [2.05, 4.69) is 125 Å². The maximum Gasteiger partial charge on any atom is 0.227 e. The van der Waals surface area contributed by atoms with Crippen LogP contribution in [0.15, 0.2) is 138 Å². The van der Waals surface area contributed by atoms with Crippen molar-refractivity contribution in [2.24, 2.45) is 0 Å². The Hall–Kier alpha value is -4.89. The summed E-state index contributed by atoms with van der Waals surface area (Å²) in [5, 5.41) is 4.49. The molecular weight excluding hydrogens is 440 g/mol. The van der Waals surface area contributed by atoms with Crippen molar-refractivity contribution in [2.45, 2.75) is 0 Å². The van der Waals surface area contributed by atoms with Crippen LogP contribution in [0.5, 0.6) is 0 Å².